The van der Waals surface area contributed by atoms with Gasteiger partial charge in [-0.15, -0.1) is 0 Å². The van der Waals surface area contributed by atoms with Crippen molar-refractivity contribution in [1.29, 1.82) is 0 Å². The van der Waals surface area contributed by atoms with Gasteiger partial charge in [-0.3, -0.25) is 10.1 Å². The molecule has 0 spiro atoms. The van der Waals surface area contributed by atoms with Crippen LogP contribution < -0.4 is 4.74 Å². The summed E-state index contributed by atoms with van der Waals surface area (Å²) < 4.78 is 5.51. The Hall–Kier alpha value is -1.29. The van der Waals surface area contributed by atoms with E-state index in [4.69, 9.17) is 16.3 Å². The SMILES string of the molecule is CCCC(C)COc1cc([N+](=O)[O-])ccc1Cl. The maximum Gasteiger partial charge on any atom is 0.273 e. The van der Waals surface area contributed by atoms with Crippen molar-refractivity contribution in [2.45, 2.75) is 26.7 Å². The lowest BCUT2D eigenvalue weighted by atomic mass is 10.1. The molecule has 0 radical (unpaired) electrons. The zero-order chi connectivity index (χ0) is 12.8. The van der Waals surface area contributed by atoms with Crippen LogP contribution in [0.1, 0.15) is 26.7 Å². The second-order valence-corrected chi connectivity index (χ2v) is 4.48. The van der Waals surface area contributed by atoms with Gasteiger partial charge in [-0.2, -0.15) is 0 Å². The highest BCUT2D eigenvalue weighted by molar-refractivity contribution is 6.32. The van der Waals surface area contributed by atoms with Gasteiger partial charge in [0, 0.05) is 6.07 Å². The first-order valence-electron chi connectivity index (χ1n) is 5.61. The Morgan fingerprint density at radius 3 is 2.82 bits per heavy atom. The molecule has 1 rings (SSSR count). The van der Waals surface area contributed by atoms with Gasteiger partial charge in [0.05, 0.1) is 22.6 Å². The monoisotopic (exact) mass is 257 g/mol. The van der Waals surface area contributed by atoms with Crippen molar-refractivity contribution in [2.75, 3.05) is 6.61 Å². The Morgan fingerprint density at radius 1 is 1.53 bits per heavy atom. The smallest absolute Gasteiger partial charge is 0.273 e. The standard InChI is InChI=1S/C12H16ClNO3/c1-3-4-9(2)8-17-12-7-10(14(15)16)5-6-11(12)13/h5-7,9H,3-4,8H2,1-2H3. The number of non-ortho nitro benzene ring substituents is 1. The Bertz CT molecular complexity index is 395. The highest BCUT2D eigenvalue weighted by Crippen LogP contribution is 2.29. The van der Waals surface area contributed by atoms with Crippen LogP contribution in [0.4, 0.5) is 5.69 Å². The second kappa shape index (κ2) is 6.45. The molecule has 0 bridgehead atoms. The normalized spacial score (nSPS) is 12.2. The van der Waals surface area contributed by atoms with E-state index < -0.39 is 4.92 Å². The number of benzene rings is 1. The molecule has 4 nitrogen and oxygen atoms in total. The van der Waals surface area contributed by atoms with E-state index in [9.17, 15) is 10.1 Å². The van der Waals surface area contributed by atoms with Crippen molar-refractivity contribution >= 4 is 17.3 Å². The third kappa shape index (κ3) is 4.23. The number of hydrogen-bond donors (Lipinski definition) is 0. The molecule has 0 heterocycles. The summed E-state index contributed by atoms with van der Waals surface area (Å²) in [5, 5.41) is 11.0. The molecule has 94 valence electrons. The molecule has 0 aliphatic rings. The molecular weight excluding hydrogens is 242 g/mol. The topological polar surface area (TPSA) is 52.4 Å². The van der Waals surface area contributed by atoms with Crippen LogP contribution in [0, 0.1) is 16.0 Å². The van der Waals surface area contributed by atoms with Crippen molar-refractivity contribution in [3.8, 4) is 5.75 Å². The molecule has 0 aliphatic carbocycles. The minimum atomic E-state index is -0.460. The van der Waals surface area contributed by atoms with Gasteiger partial charge < -0.3 is 4.74 Å². The highest BCUT2D eigenvalue weighted by Gasteiger charge is 2.11. The molecule has 1 aromatic rings. The lowest BCUT2D eigenvalue weighted by molar-refractivity contribution is -0.384. The summed E-state index contributed by atoms with van der Waals surface area (Å²) in [6.45, 7) is 4.71. The van der Waals surface area contributed by atoms with Crippen LogP contribution in [-0.4, -0.2) is 11.5 Å². The van der Waals surface area contributed by atoms with Crippen molar-refractivity contribution in [3.63, 3.8) is 0 Å². The number of nitro groups is 1. The third-order valence-electron chi connectivity index (χ3n) is 2.43. The fourth-order valence-electron chi connectivity index (χ4n) is 1.52. The van der Waals surface area contributed by atoms with Crippen LogP contribution >= 0.6 is 11.6 Å². The molecule has 0 amide bonds. The number of nitrogens with zero attached hydrogens (tertiary/aromatic N) is 1. The molecule has 1 aromatic carbocycles. The van der Waals surface area contributed by atoms with E-state index >= 15 is 0 Å². The summed E-state index contributed by atoms with van der Waals surface area (Å²) in [7, 11) is 0. The summed E-state index contributed by atoms with van der Waals surface area (Å²) in [5.41, 5.74) is -0.00690. The van der Waals surface area contributed by atoms with Crippen molar-refractivity contribution in [1.82, 2.24) is 0 Å². The molecule has 0 aromatic heterocycles. The number of ether oxygens (including phenoxy) is 1. The molecule has 0 saturated heterocycles. The third-order valence-corrected chi connectivity index (χ3v) is 2.74. The largest absolute Gasteiger partial charge is 0.491 e. The molecule has 0 saturated carbocycles. The van der Waals surface area contributed by atoms with Gasteiger partial charge in [-0.05, 0) is 18.4 Å². The summed E-state index contributed by atoms with van der Waals surface area (Å²) in [5.74, 6) is 0.791. The van der Waals surface area contributed by atoms with Crippen LogP contribution in [0.2, 0.25) is 5.02 Å². The Balaban J connectivity index is 2.69. The summed E-state index contributed by atoms with van der Waals surface area (Å²) in [4.78, 5) is 10.2. The first kappa shape index (κ1) is 13.8. The number of hydrogen-bond acceptors (Lipinski definition) is 3. The number of rotatable bonds is 6. The van der Waals surface area contributed by atoms with Crippen LogP contribution in [0.3, 0.4) is 0 Å². The van der Waals surface area contributed by atoms with E-state index in [1.807, 2.05) is 0 Å². The van der Waals surface area contributed by atoms with Gasteiger partial charge in [0.2, 0.25) is 0 Å². The van der Waals surface area contributed by atoms with Crippen LogP contribution in [0.25, 0.3) is 0 Å². The van der Waals surface area contributed by atoms with Crippen LogP contribution in [0.5, 0.6) is 5.75 Å². The molecule has 0 N–H and O–H groups in total. The zero-order valence-electron chi connectivity index (χ0n) is 9.98. The fraction of sp³-hybridized carbons (Fsp3) is 0.500. The number of nitro benzene ring substituents is 1. The van der Waals surface area contributed by atoms with E-state index in [1.54, 1.807) is 0 Å². The summed E-state index contributed by atoms with van der Waals surface area (Å²) in [6.07, 6.45) is 2.15. The summed E-state index contributed by atoms with van der Waals surface area (Å²) >= 11 is 5.91. The van der Waals surface area contributed by atoms with E-state index in [2.05, 4.69) is 13.8 Å². The molecule has 17 heavy (non-hydrogen) atoms. The molecular formula is C12H16ClNO3. The van der Waals surface area contributed by atoms with Gasteiger partial charge in [0.25, 0.3) is 5.69 Å². The van der Waals surface area contributed by atoms with E-state index in [0.29, 0.717) is 23.3 Å². The highest BCUT2D eigenvalue weighted by atomic mass is 35.5. The van der Waals surface area contributed by atoms with Crippen LogP contribution in [-0.2, 0) is 0 Å². The lowest BCUT2D eigenvalue weighted by Gasteiger charge is -2.12. The minimum absolute atomic E-state index is 0.00690. The Morgan fingerprint density at radius 2 is 2.24 bits per heavy atom. The van der Waals surface area contributed by atoms with E-state index in [-0.39, 0.29) is 5.69 Å². The molecule has 0 fully saturated rings. The van der Waals surface area contributed by atoms with Gasteiger partial charge in [-0.25, -0.2) is 0 Å². The van der Waals surface area contributed by atoms with Crippen molar-refractivity contribution in [3.05, 3.63) is 33.3 Å². The Kier molecular flexibility index (Phi) is 5.22. The second-order valence-electron chi connectivity index (χ2n) is 4.08. The van der Waals surface area contributed by atoms with Gasteiger partial charge in [0.15, 0.2) is 0 Å². The van der Waals surface area contributed by atoms with Gasteiger partial charge >= 0.3 is 0 Å². The molecule has 1 atom stereocenters. The number of halogens is 1. The fourth-order valence-corrected chi connectivity index (χ4v) is 1.70. The zero-order valence-corrected chi connectivity index (χ0v) is 10.7. The molecule has 0 aliphatic heterocycles. The molecule has 5 heteroatoms. The van der Waals surface area contributed by atoms with E-state index in [1.165, 1.54) is 18.2 Å². The van der Waals surface area contributed by atoms with Crippen LogP contribution in [0.15, 0.2) is 18.2 Å². The predicted octanol–water partition coefficient (Wildman–Crippen LogP) is 4.06. The van der Waals surface area contributed by atoms with Crippen molar-refractivity contribution < 1.29 is 9.66 Å². The first-order chi connectivity index (χ1) is 8.04. The van der Waals surface area contributed by atoms with Gasteiger partial charge in [0.1, 0.15) is 5.75 Å². The summed E-state index contributed by atoms with van der Waals surface area (Å²) in [6, 6.07) is 4.21. The minimum Gasteiger partial charge on any atom is -0.491 e. The quantitative estimate of drug-likeness (QED) is 0.570. The van der Waals surface area contributed by atoms with Crippen molar-refractivity contribution in [2.24, 2.45) is 5.92 Å². The average Bonchev–Trinajstić information content (AvgIpc) is 2.28. The average molecular weight is 258 g/mol. The maximum absolute atomic E-state index is 10.6. The first-order valence-corrected chi connectivity index (χ1v) is 5.99. The molecule has 1 unspecified atom stereocenters. The predicted molar refractivity (Wildman–Crippen MR) is 67.7 cm³/mol. The van der Waals surface area contributed by atoms with Gasteiger partial charge in [-0.1, -0.05) is 31.9 Å². The Labute approximate surface area is 106 Å². The van der Waals surface area contributed by atoms with E-state index in [0.717, 1.165) is 12.8 Å². The lowest BCUT2D eigenvalue weighted by Crippen LogP contribution is -2.08. The maximum atomic E-state index is 10.6.